The molecule has 8 heteroatoms. The molecule has 2 amide bonds. The lowest BCUT2D eigenvalue weighted by atomic mass is 10.0. The summed E-state index contributed by atoms with van der Waals surface area (Å²) in [5.74, 6) is -0.846. The quantitative estimate of drug-likeness (QED) is 0.0794. The van der Waals surface area contributed by atoms with Gasteiger partial charge in [-0.3, -0.25) is 14.8 Å². The Morgan fingerprint density at radius 3 is 1.31 bits per heavy atom. The third-order valence-corrected chi connectivity index (χ3v) is 8.80. The zero-order chi connectivity index (χ0) is 35.3. The average Bonchev–Trinajstić information content (AvgIpc) is 3.41. The molecule has 51 heavy (non-hydrogen) atoms. The number of aromatic nitrogens is 1. The highest BCUT2D eigenvalue weighted by atomic mass is 16.7. The molecule has 1 aliphatic rings. The number of fused-ring (bicyclic) bond motifs is 1. The zero-order valence-corrected chi connectivity index (χ0v) is 28.2. The molecule has 1 aromatic heterocycles. The molecule has 0 bridgehead atoms. The highest BCUT2D eigenvalue weighted by molar-refractivity contribution is 6.20. The van der Waals surface area contributed by atoms with Gasteiger partial charge in [-0.2, -0.15) is 0 Å². The summed E-state index contributed by atoms with van der Waals surface area (Å²) in [5.41, 5.74) is 4.39. The number of imide groups is 1. The van der Waals surface area contributed by atoms with Gasteiger partial charge >= 0.3 is 0 Å². The molecule has 0 saturated carbocycles. The van der Waals surface area contributed by atoms with Crippen molar-refractivity contribution in [2.75, 3.05) is 0 Å². The molecule has 254 valence electrons. The fourth-order valence-corrected chi connectivity index (χ4v) is 6.23. The van der Waals surface area contributed by atoms with E-state index < -0.39 is 30.1 Å². The van der Waals surface area contributed by atoms with E-state index in [0.717, 1.165) is 32.0 Å². The number of rotatable bonds is 12. The maximum atomic E-state index is 13.3. The van der Waals surface area contributed by atoms with Crippen molar-refractivity contribution in [1.82, 2.24) is 5.06 Å². The van der Waals surface area contributed by atoms with Crippen LogP contribution in [0.2, 0.25) is 0 Å². The Morgan fingerprint density at radius 2 is 0.922 bits per heavy atom. The van der Waals surface area contributed by atoms with Crippen molar-refractivity contribution >= 4 is 11.8 Å². The van der Waals surface area contributed by atoms with Gasteiger partial charge in [0.15, 0.2) is 11.9 Å². The van der Waals surface area contributed by atoms with Gasteiger partial charge in [-0.05, 0) is 40.3 Å². The third-order valence-electron chi connectivity index (χ3n) is 8.80. The predicted octanol–water partition coefficient (Wildman–Crippen LogP) is 8.47. The Hall–Kier alpha value is -6.25. The molecule has 0 unspecified atom stereocenters. The smallest absolute Gasteiger partial charge is 0.285 e. The van der Waals surface area contributed by atoms with Crippen LogP contribution in [0.3, 0.4) is 0 Å². The van der Waals surface area contributed by atoms with Gasteiger partial charge in [0, 0.05) is 4.73 Å². The summed E-state index contributed by atoms with van der Waals surface area (Å²) >= 11 is 0. The predicted molar refractivity (Wildman–Crippen MR) is 190 cm³/mol. The summed E-state index contributed by atoms with van der Waals surface area (Å²) in [6.45, 7) is 3.76. The molecule has 0 spiro atoms. The van der Waals surface area contributed by atoms with Crippen LogP contribution in [0.15, 0.2) is 158 Å². The van der Waals surface area contributed by atoms with Gasteiger partial charge in [0.25, 0.3) is 23.7 Å². The number of amides is 2. The minimum Gasteiger partial charge on any atom is -0.477 e. The number of hydrogen-bond donors (Lipinski definition) is 1. The summed E-state index contributed by atoms with van der Waals surface area (Å²) < 4.78 is 14.7. The Bertz CT molecular complexity index is 2010. The first kappa shape index (κ1) is 33.3. The zero-order valence-electron chi connectivity index (χ0n) is 28.2. The van der Waals surface area contributed by atoms with Gasteiger partial charge in [0.2, 0.25) is 5.75 Å². The van der Waals surface area contributed by atoms with Crippen LogP contribution in [-0.4, -0.2) is 22.1 Å². The van der Waals surface area contributed by atoms with Gasteiger partial charge < -0.3 is 9.47 Å². The van der Waals surface area contributed by atoms with Gasteiger partial charge in [-0.1, -0.05) is 147 Å². The standard InChI is InChI=1S/C43H37N2O6/c1-29(2)39(51-45-42(46)34-25-15-16-26-35(34)43(45)47)36-27-37(49-40(30-17-7-3-8-18-30)31-19-9-4-10-20-31)38(28-44(36)48)50-41(32-21-11-5-12-22-32)33-23-13-6-14-24-33/h3-29,39-41,48H,1-2H3/q+1/t39-/m0/s1. The van der Waals surface area contributed by atoms with Gasteiger partial charge in [0.05, 0.1) is 17.2 Å². The number of pyridine rings is 1. The summed E-state index contributed by atoms with van der Waals surface area (Å²) in [5, 5.41) is 12.4. The minimum absolute atomic E-state index is 0.250. The number of carbonyl (C=O) groups is 2. The molecule has 0 radical (unpaired) electrons. The lowest BCUT2D eigenvalue weighted by Crippen LogP contribution is -2.41. The Balaban J connectivity index is 1.34. The molecule has 1 aliphatic heterocycles. The van der Waals surface area contributed by atoms with E-state index >= 15 is 0 Å². The Morgan fingerprint density at radius 1 is 0.549 bits per heavy atom. The van der Waals surface area contributed by atoms with Crippen LogP contribution in [0, 0.1) is 5.92 Å². The van der Waals surface area contributed by atoms with E-state index in [2.05, 4.69) is 0 Å². The van der Waals surface area contributed by atoms with E-state index in [0.29, 0.717) is 5.75 Å². The van der Waals surface area contributed by atoms with Crippen LogP contribution in [0.1, 0.15) is 80.8 Å². The molecular formula is C43H37N2O6+. The lowest BCUT2D eigenvalue weighted by Gasteiger charge is -2.26. The molecule has 5 aromatic carbocycles. The van der Waals surface area contributed by atoms with Crippen molar-refractivity contribution < 1.29 is 33.8 Å². The van der Waals surface area contributed by atoms with Gasteiger partial charge in [-0.15, -0.1) is 5.06 Å². The van der Waals surface area contributed by atoms with Crippen LogP contribution < -0.4 is 14.2 Å². The van der Waals surface area contributed by atoms with Crippen molar-refractivity contribution in [3.8, 4) is 11.5 Å². The molecule has 2 heterocycles. The maximum absolute atomic E-state index is 13.3. The number of hydroxylamine groups is 2. The molecule has 0 saturated heterocycles. The number of benzene rings is 5. The molecule has 1 N–H and O–H groups in total. The first-order chi connectivity index (χ1) is 24.9. The van der Waals surface area contributed by atoms with Crippen LogP contribution in [0.5, 0.6) is 11.5 Å². The Kier molecular flexibility index (Phi) is 9.59. The minimum atomic E-state index is -0.945. The summed E-state index contributed by atoms with van der Waals surface area (Å²) in [7, 11) is 0. The molecule has 7 rings (SSSR count). The number of hydrogen-bond acceptors (Lipinski definition) is 6. The summed E-state index contributed by atoms with van der Waals surface area (Å²) in [6, 6.07) is 47.6. The van der Waals surface area contributed by atoms with Crippen molar-refractivity contribution in [3.63, 3.8) is 0 Å². The second-order valence-electron chi connectivity index (χ2n) is 12.6. The molecule has 6 aromatic rings. The van der Waals surface area contributed by atoms with Gasteiger partial charge in [-0.25, -0.2) is 4.84 Å². The van der Waals surface area contributed by atoms with E-state index in [1.807, 2.05) is 135 Å². The molecular weight excluding hydrogens is 640 g/mol. The molecule has 0 fully saturated rings. The second-order valence-corrected chi connectivity index (χ2v) is 12.6. The molecule has 8 nitrogen and oxygen atoms in total. The van der Waals surface area contributed by atoms with Crippen LogP contribution in [-0.2, 0) is 4.84 Å². The number of carbonyl (C=O) groups excluding carboxylic acids is 2. The normalized spacial score (nSPS) is 13.2. The summed E-state index contributed by atoms with van der Waals surface area (Å²) in [4.78, 5) is 32.8. The van der Waals surface area contributed by atoms with Gasteiger partial charge in [0.1, 0.15) is 12.2 Å². The van der Waals surface area contributed by atoms with Crippen LogP contribution in [0.25, 0.3) is 0 Å². The average molecular weight is 678 g/mol. The van der Waals surface area contributed by atoms with E-state index in [1.54, 1.807) is 30.3 Å². The third kappa shape index (κ3) is 6.95. The molecule has 1 atom stereocenters. The summed E-state index contributed by atoms with van der Waals surface area (Å²) in [6.07, 6.45) is -0.612. The van der Waals surface area contributed by atoms with Crippen molar-refractivity contribution in [2.45, 2.75) is 32.2 Å². The van der Waals surface area contributed by atoms with Crippen molar-refractivity contribution in [2.24, 2.45) is 5.92 Å². The Labute approximate surface area is 296 Å². The highest BCUT2D eigenvalue weighted by Gasteiger charge is 2.42. The largest absolute Gasteiger partial charge is 0.477 e. The fraction of sp³-hybridized carbons (Fsp3) is 0.140. The first-order valence-electron chi connectivity index (χ1n) is 16.9. The van der Waals surface area contributed by atoms with E-state index in [4.69, 9.17) is 14.3 Å². The van der Waals surface area contributed by atoms with E-state index in [-0.39, 0.29) is 28.5 Å². The lowest BCUT2D eigenvalue weighted by molar-refractivity contribution is -0.912. The SMILES string of the molecule is CC(C)[C@H](ON1C(=O)c2ccccc2C1=O)c1cc(OC(c2ccccc2)c2ccccc2)c(OC(c2ccccc2)c2ccccc2)c[n+]1O. The highest BCUT2D eigenvalue weighted by Crippen LogP contribution is 2.40. The van der Waals surface area contributed by atoms with Crippen molar-refractivity contribution in [1.29, 1.82) is 0 Å². The maximum Gasteiger partial charge on any atom is 0.285 e. The first-order valence-corrected chi connectivity index (χ1v) is 16.9. The topological polar surface area (TPSA) is 89.2 Å². The number of nitrogens with zero attached hydrogens (tertiary/aromatic N) is 2. The van der Waals surface area contributed by atoms with Crippen LogP contribution in [0.4, 0.5) is 0 Å². The fourth-order valence-electron chi connectivity index (χ4n) is 6.23. The number of ether oxygens (including phenoxy) is 2. The van der Waals surface area contributed by atoms with Crippen LogP contribution >= 0.6 is 0 Å². The molecule has 0 aliphatic carbocycles. The monoisotopic (exact) mass is 677 g/mol. The second kappa shape index (κ2) is 14.7. The van der Waals surface area contributed by atoms with E-state index in [1.165, 1.54) is 6.20 Å². The van der Waals surface area contributed by atoms with Crippen molar-refractivity contribution in [3.05, 3.63) is 197 Å². The van der Waals surface area contributed by atoms with E-state index in [9.17, 15) is 14.8 Å².